The number of nitrogens with zero attached hydrogens (tertiary/aromatic N) is 1. The predicted octanol–water partition coefficient (Wildman–Crippen LogP) is 3.36. The lowest BCUT2D eigenvalue weighted by Crippen LogP contribution is -1.82. The highest BCUT2D eigenvalue weighted by Crippen LogP contribution is 2.41. The van der Waals surface area contributed by atoms with Crippen molar-refractivity contribution >= 4 is 0 Å². The first kappa shape index (κ1) is 8.65. The zero-order chi connectivity index (χ0) is 10.3. The van der Waals surface area contributed by atoms with Crippen molar-refractivity contribution < 1.29 is 8.91 Å². The molecular formula is C12H10FNO. The fourth-order valence-electron chi connectivity index (χ4n) is 1.65. The quantitative estimate of drug-likeness (QED) is 0.748. The number of aromatic nitrogens is 1. The highest BCUT2D eigenvalue weighted by molar-refractivity contribution is 5.59. The molecule has 1 aromatic heterocycles. The summed E-state index contributed by atoms with van der Waals surface area (Å²) >= 11 is 0. The Hall–Kier alpha value is -1.64. The number of halogens is 1. The van der Waals surface area contributed by atoms with Gasteiger partial charge in [0.05, 0.1) is 0 Å². The van der Waals surface area contributed by atoms with E-state index in [1.165, 1.54) is 6.07 Å². The second kappa shape index (κ2) is 3.19. The molecule has 1 heterocycles. The van der Waals surface area contributed by atoms with E-state index in [9.17, 15) is 4.39 Å². The smallest absolute Gasteiger partial charge is 0.140 e. The van der Waals surface area contributed by atoms with Gasteiger partial charge in [0.15, 0.2) is 0 Å². The summed E-state index contributed by atoms with van der Waals surface area (Å²) in [4.78, 5) is 0. The normalized spacial score (nSPS) is 15.5. The van der Waals surface area contributed by atoms with Crippen LogP contribution >= 0.6 is 0 Å². The standard InChI is InChI=1S/C12H10FNO/c13-10-4-2-1-3-9(10)11-7-12(15-14-11)8-5-6-8/h1-4,7-8H,5-6H2. The molecule has 15 heavy (non-hydrogen) atoms. The molecule has 3 heteroatoms. The van der Waals surface area contributed by atoms with Gasteiger partial charge in [0.1, 0.15) is 17.3 Å². The third-order valence-corrected chi connectivity index (χ3v) is 2.66. The van der Waals surface area contributed by atoms with E-state index in [2.05, 4.69) is 5.16 Å². The monoisotopic (exact) mass is 203 g/mol. The molecule has 0 spiro atoms. The molecule has 2 aromatic rings. The summed E-state index contributed by atoms with van der Waals surface area (Å²) in [5, 5.41) is 3.89. The summed E-state index contributed by atoms with van der Waals surface area (Å²) < 4.78 is 18.6. The van der Waals surface area contributed by atoms with Gasteiger partial charge in [-0.2, -0.15) is 0 Å². The molecule has 0 bridgehead atoms. The van der Waals surface area contributed by atoms with Crippen LogP contribution in [0.15, 0.2) is 34.9 Å². The van der Waals surface area contributed by atoms with Crippen LogP contribution in [0.3, 0.4) is 0 Å². The molecule has 0 atom stereocenters. The third kappa shape index (κ3) is 1.54. The molecule has 0 aliphatic heterocycles. The average molecular weight is 203 g/mol. The molecule has 1 fully saturated rings. The summed E-state index contributed by atoms with van der Waals surface area (Å²) in [6.07, 6.45) is 2.32. The minimum atomic E-state index is -0.256. The second-order valence-corrected chi connectivity index (χ2v) is 3.87. The van der Waals surface area contributed by atoms with Gasteiger partial charge in [-0.1, -0.05) is 17.3 Å². The van der Waals surface area contributed by atoms with Crippen LogP contribution < -0.4 is 0 Å². The van der Waals surface area contributed by atoms with Gasteiger partial charge in [0.2, 0.25) is 0 Å². The van der Waals surface area contributed by atoms with Crippen molar-refractivity contribution in [2.45, 2.75) is 18.8 Å². The van der Waals surface area contributed by atoms with E-state index in [4.69, 9.17) is 4.52 Å². The fourth-order valence-corrected chi connectivity index (χ4v) is 1.65. The van der Waals surface area contributed by atoms with Crippen molar-refractivity contribution in [3.05, 3.63) is 41.9 Å². The Bertz CT molecular complexity index is 488. The summed E-state index contributed by atoms with van der Waals surface area (Å²) in [6, 6.07) is 8.45. The lowest BCUT2D eigenvalue weighted by molar-refractivity contribution is 0.386. The summed E-state index contributed by atoms with van der Waals surface area (Å²) in [6.45, 7) is 0. The van der Waals surface area contributed by atoms with Gasteiger partial charge in [-0.3, -0.25) is 0 Å². The Balaban J connectivity index is 2.01. The van der Waals surface area contributed by atoms with Crippen LogP contribution in [0, 0.1) is 5.82 Å². The molecule has 0 saturated heterocycles. The SMILES string of the molecule is Fc1ccccc1-c1cc(C2CC2)on1. The first-order valence-corrected chi connectivity index (χ1v) is 5.06. The Morgan fingerprint density at radius 3 is 2.80 bits per heavy atom. The van der Waals surface area contributed by atoms with Crippen LogP contribution in [0.4, 0.5) is 4.39 Å². The van der Waals surface area contributed by atoms with Crippen molar-refractivity contribution in [1.29, 1.82) is 0 Å². The molecule has 1 aromatic carbocycles. The highest BCUT2D eigenvalue weighted by atomic mass is 19.1. The first-order chi connectivity index (χ1) is 7.34. The van der Waals surface area contributed by atoms with Gasteiger partial charge in [-0.25, -0.2) is 4.39 Å². The highest BCUT2D eigenvalue weighted by Gasteiger charge is 2.28. The maximum Gasteiger partial charge on any atom is 0.140 e. The van der Waals surface area contributed by atoms with E-state index in [-0.39, 0.29) is 5.82 Å². The molecule has 3 rings (SSSR count). The van der Waals surface area contributed by atoms with Gasteiger partial charge >= 0.3 is 0 Å². The minimum absolute atomic E-state index is 0.256. The Morgan fingerprint density at radius 1 is 1.27 bits per heavy atom. The van der Waals surface area contributed by atoms with Gasteiger partial charge in [-0.05, 0) is 25.0 Å². The van der Waals surface area contributed by atoms with Crippen LogP contribution in [-0.2, 0) is 0 Å². The number of rotatable bonds is 2. The molecule has 76 valence electrons. The lowest BCUT2D eigenvalue weighted by Gasteiger charge is -1.95. The number of hydrogen-bond acceptors (Lipinski definition) is 2. The second-order valence-electron chi connectivity index (χ2n) is 3.87. The molecule has 0 radical (unpaired) electrons. The van der Waals surface area contributed by atoms with E-state index < -0.39 is 0 Å². The number of hydrogen-bond donors (Lipinski definition) is 0. The molecule has 1 saturated carbocycles. The lowest BCUT2D eigenvalue weighted by atomic mass is 10.1. The van der Waals surface area contributed by atoms with Crippen molar-refractivity contribution in [1.82, 2.24) is 5.16 Å². The van der Waals surface area contributed by atoms with Gasteiger partial charge in [0, 0.05) is 17.5 Å². The molecule has 1 aliphatic rings. The molecule has 1 aliphatic carbocycles. The van der Waals surface area contributed by atoms with Gasteiger partial charge in [-0.15, -0.1) is 0 Å². The van der Waals surface area contributed by atoms with Crippen LogP contribution in [0.1, 0.15) is 24.5 Å². The minimum Gasteiger partial charge on any atom is -0.360 e. The maximum atomic E-state index is 13.4. The Morgan fingerprint density at radius 2 is 2.07 bits per heavy atom. The molecule has 0 N–H and O–H groups in total. The molecule has 0 amide bonds. The van der Waals surface area contributed by atoms with E-state index in [1.807, 2.05) is 6.07 Å². The van der Waals surface area contributed by atoms with Crippen LogP contribution in [-0.4, -0.2) is 5.16 Å². The summed E-state index contributed by atoms with van der Waals surface area (Å²) in [5.41, 5.74) is 1.10. The zero-order valence-electron chi connectivity index (χ0n) is 8.11. The average Bonchev–Trinajstić information content (AvgIpc) is 2.99. The van der Waals surface area contributed by atoms with E-state index in [0.29, 0.717) is 17.2 Å². The van der Waals surface area contributed by atoms with Crippen molar-refractivity contribution in [3.63, 3.8) is 0 Å². The van der Waals surface area contributed by atoms with E-state index in [1.54, 1.807) is 18.2 Å². The Kier molecular flexibility index (Phi) is 1.84. The fraction of sp³-hybridized carbons (Fsp3) is 0.250. The Labute approximate surface area is 86.7 Å². The summed E-state index contributed by atoms with van der Waals surface area (Å²) in [7, 11) is 0. The van der Waals surface area contributed by atoms with Gasteiger partial charge < -0.3 is 4.52 Å². The van der Waals surface area contributed by atoms with Gasteiger partial charge in [0.25, 0.3) is 0 Å². The van der Waals surface area contributed by atoms with Crippen LogP contribution in [0.2, 0.25) is 0 Å². The van der Waals surface area contributed by atoms with E-state index in [0.717, 1.165) is 18.6 Å². The first-order valence-electron chi connectivity index (χ1n) is 5.06. The largest absolute Gasteiger partial charge is 0.360 e. The van der Waals surface area contributed by atoms with E-state index >= 15 is 0 Å². The van der Waals surface area contributed by atoms with Crippen molar-refractivity contribution in [2.24, 2.45) is 0 Å². The van der Waals surface area contributed by atoms with Crippen molar-refractivity contribution in [2.75, 3.05) is 0 Å². The predicted molar refractivity (Wildman–Crippen MR) is 53.9 cm³/mol. The van der Waals surface area contributed by atoms with Crippen LogP contribution in [0.25, 0.3) is 11.3 Å². The third-order valence-electron chi connectivity index (χ3n) is 2.66. The zero-order valence-corrected chi connectivity index (χ0v) is 8.11. The summed E-state index contributed by atoms with van der Waals surface area (Å²) in [5.74, 6) is 1.14. The number of benzene rings is 1. The molecular weight excluding hydrogens is 193 g/mol. The molecule has 2 nitrogen and oxygen atoms in total. The topological polar surface area (TPSA) is 26.0 Å². The van der Waals surface area contributed by atoms with Crippen molar-refractivity contribution in [3.8, 4) is 11.3 Å². The molecule has 0 unspecified atom stereocenters. The maximum absolute atomic E-state index is 13.4. The van der Waals surface area contributed by atoms with Crippen LogP contribution in [0.5, 0.6) is 0 Å².